The molecule has 2 unspecified atom stereocenters. The molecule has 4 nitrogen and oxygen atoms in total. The van der Waals surface area contributed by atoms with Crippen LogP contribution >= 0.6 is 0 Å². The molecule has 0 saturated carbocycles. The van der Waals surface area contributed by atoms with Crippen LogP contribution in [0.15, 0.2) is 12.4 Å². The van der Waals surface area contributed by atoms with Crippen LogP contribution in [0.1, 0.15) is 38.9 Å². The van der Waals surface area contributed by atoms with Crippen LogP contribution in [0.25, 0.3) is 0 Å². The van der Waals surface area contributed by atoms with Crippen LogP contribution in [0, 0.1) is 5.92 Å². The summed E-state index contributed by atoms with van der Waals surface area (Å²) in [6.07, 6.45) is 8.40. The zero-order valence-corrected chi connectivity index (χ0v) is 12.9. The Bertz CT molecular complexity index is 338. The fourth-order valence-corrected chi connectivity index (χ4v) is 2.43. The Morgan fingerprint density at radius 1 is 1.47 bits per heavy atom. The van der Waals surface area contributed by atoms with Gasteiger partial charge in [-0.25, -0.2) is 4.98 Å². The van der Waals surface area contributed by atoms with Gasteiger partial charge in [-0.1, -0.05) is 13.8 Å². The first kappa shape index (κ1) is 16.2. The van der Waals surface area contributed by atoms with Crippen LogP contribution in [-0.4, -0.2) is 35.9 Å². The number of methoxy groups -OCH3 is 1. The molecule has 19 heavy (non-hydrogen) atoms. The second kappa shape index (κ2) is 9.10. The summed E-state index contributed by atoms with van der Waals surface area (Å²) >= 11 is 0. The lowest BCUT2D eigenvalue weighted by Crippen LogP contribution is -2.33. The third-order valence-corrected chi connectivity index (χ3v) is 3.46. The molecule has 1 N–H and O–H groups in total. The number of hydrogen-bond donors (Lipinski definition) is 1. The Labute approximate surface area is 117 Å². The topological polar surface area (TPSA) is 39.1 Å². The lowest BCUT2D eigenvalue weighted by atomic mass is 9.98. The van der Waals surface area contributed by atoms with Gasteiger partial charge in [0.2, 0.25) is 0 Å². The standard InChI is InChI=1S/C15H29N3O/c1-5-8-16-14(11-13(2)12-19-4)6-7-15-17-9-10-18(15)3/h9-10,13-14,16H,5-8,11-12H2,1-4H3. The van der Waals surface area contributed by atoms with Crippen LogP contribution in [0.4, 0.5) is 0 Å². The Balaban J connectivity index is 2.42. The van der Waals surface area contributed by atoms with Gasteiger partial charge in [-0.05, 0) is 31.7 Å². The van der Waals surface area contributed by atoms with Gasteiger partial charge in [0.1, 0.15) is 5.82 Å². The van der Waals surface area contributed by atoms with Crippen molar-refractivity contribution in [3.05, 3.63) is 18.2 Å². The molecule has 0 saturated heterocycles. The summed E-state index contributed by atoms with van der Waals surface area (Å²) in [5.41, 5.74) is 0. The normalized spacial score (nSPS) is 14.5. The van der Waals surface area contributed by atoms with Crippen molar-refractivity contribution in [1.29, 1.82) is 0 Å². The second-order valence-corrected chi connectivity index (χ2v) is 5.44. The summed E-state index contributed by atoms with van der Waals surface area (Å²) in [6, 6.07) is 0.557. The number of ether oxygens (including phenoxy) is 1. The van der Waals surface area contributed by atoms with E-state index >= 15 is 0 Å². The number of nitrogens with one attached hydrogen (secondary N) is 1. The van der Waals surface area contributed by atoms with Gasteiger partial charge in [-0.15, -0.1) is 0 Å². The van der Waals surface area contributed by atoms with E-state index in [2.05, 4.69) is 35.8 Å². The van der Waals surface area contributed by atoms with Crippen LogP contribution in [0.2, 0.25) is 0 Å². The van der Waals surface area contributed by atoms with Crippen LogP contribution in [-0.2, 0) is 18.2 Å². The van der Waals surface area contributed by atoms with E-state index < -0.39 is 0 Å². The number of aromatic nitrogens is 2. The zero-order valence-electron chi connectivity index (χ0n) is 12.9. The molecule has 0 aliphatic heterocycles. The van der Waals surface area contributed by atoms with Gasteiger partial charge < -0.3 is 14.6 Å². The highest BCUT2D eigenvalue weighted by atomic mass is 16.5. The van der Waals surface area contributed by atoms with E-state index in [-0.39, 0.29) is 0 Å². The molecule has 0 fully saturated rings. The SMILES string of the molecule is CCCNC(CCc1nccn1C)CC(C)COC. The van der Waals surface area contributed by atoms with Gasteiger partial charge in [0.05, 0.1) is 0 Å². The molecule has 1 aromatic rings. The molecular formula is C15H29N3O. The zero-order chi connectivity index (χ0) is 14.1. The number of rotatable bonds is 10. The first-order valence-corrected chi connectivity index (χ1v) is 7.35. The minimum atomic E-state index is 0.557. The van der Waals surface area contributed by atoms with Crippen molar-refractivity contribution in [3.63, 3.8) is 0 Å². The van der Waals surface area contributed by atoms with Gasteiger partial charge >= 0.3 is 0 Å². The van der Waals surface area contributed by atoms with E-state index in [0.29, 0.717) is 12.0 Å². The third-order valence-electron chi connectivity index (χ3n) is 3.46. The Hall–Kier alpha value is -0.870. The predicted octanol–water partition coefficient (Wildman–Crippen LogP) is 2.39. The largest absolute Gasteiger partial charge is 0.384 e. The molecule has 1 aromatic heterocycles. The van der Waals surface area contributed by atoms with Crippen LogP contribution in [0.5, 0.6) is 0 Å². The first-order chi connectivity index (χ1) is 9.17. The average molecular weight is 267 g/mol. The Morgan fingerprint density at radius 2 is 2.26 bits per heavy atom. The fraction of sp³-hybridized carbons (Fsp3) is 0.800. The summed E-state index contributed by atoms with van der Waals surface area (Å²) in [7, 11) is 3.84. The molecule has 0 bridgehead atoms. The molecule has 0 aliphatic rings. The van der Waals surface area contributed by atoms with E-state index in [9.17, 15) is 0 Å². The number of aryl methyl sites for hydroxylation is 2. The van der Waals surface area contributed by atoms with Crippen molar-refractivity contribution in [2.24, 2.45) is 13.0 Å². The summed E-state index contributed by atoms with van der Waals surface area (Å²) < 4.78 is 7.34. The van der Waals surface area contributed by atoms with E-state index in [0.717, 1.165) is 32.4 Å². The molecule has 4 heteroatoms. The van der Waals surface area contributed by atoms with E-state index in [1.54, 1.807) is 7.11 Å². The second-order valence-electron chi connectivity index (χ2n) is 5.44. The molecular weight excluding hydrogens is 238 g/mol. The first-order valence-electron chi connectivity index (χ1n) is 7.35. The van der Waals surface area contributed by atoms with Gasteiger partial charge in [-0.2, -0.15) is 0 Å². The number of hydrogen-bond acceptors (Lipinski definition) is 3. The molecule has 0 spiro atoms. The van der Waals surface area contributed by atoms with E-state index in [1.165, 1.54) is 12.2 Å². The molecule has 0 radical (unpaired) electrons. The average Bonchev–Trinajstić information content (AvgIpc) is 2.78. The Kier molecular flexibility index (Phi) is 7.75. The summed E-state index contributed by atoms with van der Waals surface area (Å²) in [4.78, 5) is 4.39. The van der Waals surface area contributed by atoms with Crippen molar-refractivity contribution in [2.45, 2.75) is 45.6 Å². The van der Waals surface area contributed by atoms with E-state index in [1.807, 2.05) is 12.4 Å². The smallest absolute Gasteiger partial charge is 0.108 e. The van der Waals surface area contributed by atoms with Crippen molar-refractivity contribution >= 4 is 0 Å². The molecule has 110 valence electrons. The minimum absolute atomic E-state index is 0.557. The maximum Gasteiger partial charge on any atom is 0.108 e. The Morgan fingerprint density at radius 3 is 2.84 bits per heavy atom. The van der Waals surface area contributed by atoms with Gasteiger partial charge in [0.15, 0.2) is 0 Å². The minimum Gasteiger partial charge on any atom is -0.384 e. The molecule has 1 rings (SSSR count). The van der Waals surface area contributed by atoms with Gasteiger partial charge in [-0.3, -0.25) is 0 Å². The summed E-state index contributed by atoms with van der Waals surface area (Å²) in [5, 5.41) is 3.65. The van der Waals surface area contributed by atoms with Crippen LogP contribution < -0.4 is 5.32 Å². The molecule has 0 amide bonds. The number of imidazole rings is 1. The van der Waals surface area contributed by atoms with E-state index in [4.69, 9.17) is 4.74 Å². The van der Waals surface area contributed by atoms with Gasteiger partial charge in [0.25, 0.3) is 0 Å². The highest BCUT2D eigenvalue weighted by molar-refractivity contribution is 4.92. The molecule has 1 heterocycles. The molecule has 0 aliphatic carbocycles. The lowest BCUT2D eigenvalue weighted by Gasteiger charge is -2.22. The lowest BCUT2D eigenvalue weighted by molar-refractivity contribution is 0.148. The monoisotopic (exact) mass is 267 g/mol. The quantitative estimate of drug-likeness (QED) is 0.707. The fourth-order valence-electron chi connectivity index (χ4n) is 2.43. The predicted molar refractivity (Wildman–Crippen MR) is 79.3 cm³/mol. The highest BCUT2D eigenvalue weighted by Gasteiger charge is 2.13. The third kappa shape index (κ3) is 6.21. The summed E-state index contributed by atoms with van der Waals surface area (Å²) in [6.45, 7) is 6.39. The molecule has 2 atom stereocenters. The molecule has 0 aromatic carbocycles. The summed E-state index contributed by atoms with van der Waals surface area (Å²) in [5.74, 6) is 1.77. The highest BCUT2D eigenvalue weighted by Crippen LogP contribution is 2.12. The van der Waals surface area contributed by atoms with Crippen molar-refractivity contribution in [3.8, 4) is 0 Å². The van der Waals surface area contributed by atoms with Crippen LogP contribution in [0.3, 0.4) is 0 Å². The van der Waals surface area contributed by atoms with Crippen molar-refractivity contribution < 1.29 is 4.74 Å². The number of nitrogens with zero attached hydrogens (tertiary/aromatic N) is 2. The van der Waals surface area contributed by atoms with Crippen molar-refractivity contribution in [2.75, 3.05) is 20.3 Å². The maximum absolute atomic E-state index is 5.23. The van der Waals surface area contributed by atoms with Crippen molar-refractivity contribution in [1.82, 2.24) is 14.9 Å². The van der Waals surface area contributed by atoms with Gasteiger partial charge in [0, 0.05) is 45.6 Å². The maximum atomic E-state index is 5.23.